The average molecular weight is 250 g/mol. The van der Waals surface area contributed by atoms with Gasteiger partial charge in [0.05, 0.1) is 25.9 Å². The van der Waals surface area contributed by atoms with Gasteiger partial charge in [0.1, 0.15) is 12.1 Å². The number of rotatable bonds is 5. The molecule has 98 valence electrons. The Hall–Kier alpha value is -1.40. The molecule has 2 aliphatic rings. The van der Waals surface area contributed by atoms with Crippen LogP contribution in [0.3, 0.4) is 0 Å². The molecule has 0 aromatic carbocycles. The number of anilines is 1. The van der Waals surface area contributed by atoms with Crippen molar-refractivity contribution in [3.05, 3.63) is 12.4 Å². The Labute approximate surface area is 106 Å². The minimum atomic E-state index is 0.543. The van der Waals surface area contributed by atoms with Gasteiger partial charge in [-0.15, -0.1) is 0 Å². The van der Waals surface area contributed by atoms with Gasteiger partial charge in [-0.3, -0.25) is 0 Å². The lowest BCUT2D eigenvalue weighted by molar-refractivity contribution is -0.0114. The van der Waals surface area contributed by atoms with E-state index in [0.717, 1.165) is 32.1 Å². The van der Waals surface area contributed by atoms with Crippen LogP contribution >= 0.6 is 0 Å². The Kier molecular flexibility index (Phi) is 3.29. The van der Waals surface area contributed by atoms with Crippen molar-refractivity contribution >= 4 is 5.82 Å². The molecule has 0 radical (unpaired) electrons. The van der Waals surface area contributed by atoms with Gasteiger partial charge in [0.25, 0.3) is 0 Å². The van der Waals surface area contributed by atoms with Gasteiger partial charge in [0, 0.05) is 25.2 Å². The van der Waals surface area contributed by atoms with Gasteiger partial charge in [0.2, 0.25) is 5.88 Å². The first-order valence-corrected chi connectivity index (χ1v) is 6.38. The van der Waals surface area contributed by atoms with Crippen molar-refractivity contribution in [1.82, 2.24) is 15.3 Å². The molecular formula is C12H18N4O2. The van der Waals surface area contributed by atoms with Crippen LogP contribution in [0.25, 0.3) is 0 Å². The van der Waals surface area contributed by atoms with Crippen molar-refractivity contribution < 1.29 is 9.47 Å². The maximum atomic E-state index is 5.37. The molecule has 0 saturated carbocycles. The Bertz CT molecular complexity index is 405. The zero-order valence-corrected chi connectivity index (χ0v) is 10.5. The Balaban J connectivity index is 1.52. The smallest absolute Gasteiger partial charge is 0.218 e. The van der Waals surface area contributed by atoms with E-state index < -0.39 is 0 Å². The third-order valence-electron chi connectivity index (χ3n) is 3.23. The van der Waals surface area contributed by atoms with Crippen LogP contribution in [0, 0.1) is 0 Å². The summed E-state index contributed by atoms with van der Waals surface area (Å²) >= 11 is 0. The third-order valence-corrected chi connectivity index (χ3v) is 3.23. The molecule has 3 heterocycles. The molecule has 3 rings (SSSR count). The van der Waals surface area contributed by atoms with Crippen LogP contribution in [0.5, 0.6) is 5.88 Å². The van der Waals surface area contributed by atoms with Gasteiger partial charge >= 0.3 is 0 Å². The molecule has 6 heteroatoms. The summed E-state index contributed by atoms with van der Waals surface area (Å²) in [4.78, 5) is 10.6. The quantitative estimate of drug-likeness (QED) is 0.797. The van der Waals surface area contributed by atoms with Gasteiger partial charge < -0.3 is 19.7 Å². The molecule has 6 nitrogen and oxygen atoms in total. The number of nitrogens with one attached hydrogen (secondary N) is 1. The first-order valence-electron chi connectivity index (χ1n) is 6.38. The molecule has 18 heavy (non-hydrogen) atoms. The van der Waals surface area contributed by atoms with Crippen LogP contribution in [0.4, 0.5) is 5.82 Å². The highest BCUT2D eigenvalue weighted by Gasteiger charge is 2.31. The van der Waals surface area contributed by atoms with E-state index in [1.54, 1.807) is 6.33 Å². The molecule has 0 spiro atoms. The number of aromatic nitrogens is 2. The minimum Gasteiger partial charge on any atom is -0.478 e. The summed E-state index contributed by atoms with van der Waals surface area (Å²) < 4.78 is 10.5. The lowest BCUT2D eigenvalue weighted by Crippen LogP contribution is -2.63. The minimum absolute atomic E-state index is 0.543. The maximum absolute atomic E-state index is 5.37. The normalized spacial score (nSPS) is 20.4. The van der Waals surface area contributed by atoms with E-state index in [0.29, 0.717) is 24.6 Å². The fourth-order valence-electron chi connectivity index (χ4n) is 2.17. The van der Waals surface area contributed by atoms with E-state index in [-0.39, 0.29) is 0 Å². The Morgan fingerprint density at radius 3 is 2.89 bits per heavy atom. The van der Waals surface area contributed by atoms with Gasteiger partial charge in [-0.05, 0) is 6.92 Å². The van der Waals surface area contributed by atoms with Gasteiger partial charge in [-0.2, -0.15) is 0 Å². The SMILES string of the molecule is CCOc1cc(N2CC(NC3COC3)C2)ncn1. The zero-order chi connectivity index (χ0) is 12.4. The van der Waals surface area contributed by atoms with E-state index in [9.17, 15) is 0 Å². The lowest BCUT2D eigenvalue weighted by atomic mass is 10.1. The van der Waals surface area contributed by atoms with Crippen molar-refractivity contribution in [3.8, 4) is 5.88 Å². The second-order valence-electron chi connectivity index (χ2n) is 4.65. The van der Waals surface area contributed by atoms with E-state index in [1.807, 2.05) is 13.0 Å². The number of ether oxygens (including phenoxy) is 2. The third kappa shape index (κ3) is 2.39. The fourth-order valence-corrected chi connectivity index (χ4v) is 2.17. The molecule has 2 fully saturated rings. The number of hydrogen-bond donors (Lipinski definition) is 1. The molecule has 0 atom stereocenters. The fraction of sp³-hybridized carbons (Fsp3) is 0.667. The van der Waals surface area contributed by atoms with Gasteiger partial charge in [-0.25, -0.2) is 9.97 Å². The van der Waals surface area contributed by atoms with Gasteiger partial charge in [0.15, 0.2) is 0 Å². The monoisotopic (exact) mass is 250 g/mol. The van der Waals surface area contributed by atoms with E-state index >= 15 is 0 Å². The highest BCUT2D eigenvalue weighted by atomic mass is 16.5. The standard InChI is InChI=1S/C12H18N4O2/c1-2-18-12-3-11(13-8-14-12)16-4-9(5-16)15-10-6-17-7-10/h3,8-10,15H,2,4-7H2,1H3. The lowest BCUT2D eigenvalue weighted by Gasteiger charge is -2.43. The van der Waals surface area contributed by atoms with Crippen LogP contribution in [-0.2, 0) is 4.74 Å². The summed E-state index contributed by atoms with van der Waals surface area (Å²) in [6.45, 7) is 6.24. The molecule has 1 aromatic heterocycles. The summed E-state index contributed by atoms with van der Waals surface area (Å²) in [7, 11) is 0. The summed E-state index contributed by atoms with van der Waals surface area (Å²) in [5, 5.41) is 3.55. The van der Waals surface area contributed by atoms with Crippen molar-refractivity contribution in [1.29, 1.82) is 0 Å². The van der Waals surface area contributed by atoms with Crippen LogP contribution in [0.1, 0.15) is 6.92 Å². The van der Waals surface area contributed by atoms with E-state index in [2.05, 4.69) is 20.2 Å². The molecule has 0 aliphatic carbocycles. The number of hydrogen-bond acceptors (Lipinski definition) is 6. The predicted octanol–water partition coefficient (Wildman–Crippen LogP) is 0.0523. The van der Waals surface area contributed by atoms with Crippen LogP contribution in [0.15, 0.2) is 12.4 Å². The topological polar surface area (TPSA) is 59.5 Å². The van der Waals surface area contributed by atoms with Crippen molar-refractivity contribution in [3.63, 3.8) is 0 Å². The molecule has 1 aromatic rings. The van der Waals surface area contributed by atoms with E-state index in [4.69, 9.17) is 9.47 Å². The Morgan fingerprint density at radius 1 is 1.39 bits per heavy atom. The first-order chi connectivity index (χ1) is 8.85. The van der Waals surface area contributed by atoms with Crippen LogP contribution < -0.4 is 15.0 Å². The largest absolute Gasteiger partial charge is 0.478 e. The summed E-state index contributed by atoms with van der Waals surface area (Å²) in [5.74, 6) is 1.59. The molecule has 2 saturated heterocycles. The van der Waals surface area contributed by atoms with E-state index in [1.165, 1.54) is 0 Å². The Morgan fingerprint density at radius 2 is 2.22 bits per heavy atom. The maximum Gasteiger partial charge on any atom is 0.218 e. The molecule has 0 unspecified atom stereocenters. The molecule has 1 N–H and O–H groups in total. The van der Waals surface area contributed by atoms with Crippen LogP contribution in [-0.4, -0.2) is 55.0 Å². The summed E-state index contributed by atoms with van der Waals surface area (Å²) in [5.41, 5.74) is 0. The first kappa shape index (κ1) is 11.7. The highest BCUT2D eigenvalue weighted by molar-refractivity contribution is 5.44. The summed E-state index contributed by atoms with van der Waals surface area (Å²) in [6, 6.07) is 2.98. The second kappa shape index (κ2) is 5.07. The van der Waals surface area contributed by atoms with Crippen molar-refractivity contribution in [2.24, 2.45) is 0 Å². The van der Waals surface area contributed by atoms with Gasteiger partial charge in [-0.1, -0.05) is 0 Å². The molecule has 2 aliphatic heterocycles. The zero-order valence-electron chi connectivity index (χ0n) is 10.5. The second-order valence-corrected chi connectivity index (χ2v) is 4.65. The molecule has 0 bridgehead atoms. The average Bonchev–Trinajstić information content (AvgIpc) is 2.26. The molecule has 0 amide bonds. The summed E-state index contributed by atoms with van der Waals surface area (Å²) in [6.07, 6.45) is 1.56. The number of nitrogens with zero attached hydrogens (tertiary/aromatic N) is 3. The van der Waals surface area contributed by atoms with Crippen LogP contribution in [0.2, 0.25) is 0 Å². The van der Waals surface area contributed by atoms with Crippen molar-refractivity contribution in [2.45, 2.75) is 19.0 Å². The van der Waals surface area contributed by atoms with Crippen molar-refractivity contribution in [2.75, 3.05) is 37.8 Å². The predicted molar refractivity (Wildman–Crippen MR) is 66.9 cm³/mol. The molecular weight excluding hydrogens is 232 g/mol. The highest BCUT2D eigenvalue weighted by Crippen LogP contribution is 2.21.